The third-order valence-electron chi connectivity index (χ3n) is 7.37. The van der Waals surface area contributed by atoms with Gasteiger partial charge in [0.25, 0.3) is 15.9 Å². The molecule has 2 N–H and O–H groups in total. The van der Waals surface area contributed by atoms with E-state index in [-0.39, 0.29) is 77.0 Å². The molecule has 0 aliphatic carbocycles. The molecule has 18 heteroatoms. The second-order valence-electron chi connectivity index (χ2n) is 10.6. The van der Waals surface area contributed by atoms with E-state index in [2.05, 4.69) is 25.0 Å². The van der Waals surface area contributed by atoms with Gasteiger partial charge in [-0.3, -0.25) is 10.0 Å². The molecule has 0 radical (unpaired) electrons. The maximum atomic E-state index is 13.9. The van der Waals surface area contributed by atoms with Gasteiger partial charge < -0.3 is 42.6 Å². The Kier molecular flexibility index (Phi) is 11.0. The summed E-state index contributed by atoms with van der Waals surface area (Å²) in [7, 11) is 1.40. The molecule has 0 saturated carbocycles. The lowest BCUT2D eigenvalue weighted by Gasteiger charge is -2.19. The molecule has 1 aliphatic heterocycles. The summed E-state index contributed by atoms with van der Waals surface area (Å²) < 4.78 is 80.7. The molecule has 1 aliphatic rings. The van der Waals surface area contributed by atoms with Crippen LogP contribution in [0.1, 0.15) is 0 Å². The number of ether oxygens (including phenoxy) is 9. The Hall–Kier alpha value is -6.69. The molecule has 1 amide bonds. The van der Waals surface area contributed by atoms with Crippen molar-refractivity contribution in [3.05, 3.63) is 79.0 Å². The van der Waals surface area contributed by atoms with Gasteiger partial charge in [-0.15, -0.1) is 0 Å². The largest absolute Gasteiger partial charge is 0.493 e. The SMILES string of the molecule is COc1ccccc1Oc1c(NS(=O)(=O)c2ccc3c(c2)OCO3)nc(-c2cc(OC)c(OC)c(OC)c2)nc1OCCOC(=O)Nc1ccccn1. The minimum Gasteiger partial charge on any atom is -0.493 e. The van der Waals surface area contributed by atoms with Crippen molar-refractivity contribution < 1.29 is 55.8 Å². The van der Waals surface area contributed by atoms with Gasteiger partial charge in [-0.05, 0) is 48.5 Å². The number of hydrogen-bond acceptors (Lipinski definition) is 15. The minimum absolute atomic E-state index is 0.0381. The van der Waals surface area contributed by atoms with Crippen molar-refractivity contribution in [1.29, 1.82) is 0 Å². The number of sulfonamides is 1. The monoisotopic (exact) mass is 747 g/mol. The predicted molar refractivity (Wildman–Crippen MR) is 188 cm³/mol. The maximum Gasteiger partial charge on any atom is 0.412 e. The third kappa shape index (κ3) is 8.28. The van der Waals surface area contributed by atoms with Crippen LogP contribution in [0.4, 0.5) is 16.4 Å². The summed E-state index contributed by atoms with van der Waals surface area (Å²) in [6.07, 6.45) is 0.733. The summed E-state index contributed by atoms with van der Waals surface area (Å²) in [5.74, 6) is 1.43. The second kappa shape index (κ2) is 16.1. The smallest absolute Gasteiger partial charge is 0.412 e. The summed E-state index contributed by atoms with van der Waals surface area (Å²) in [6, 6.07) is 18.9. The molecule has 0 fully saturated rings. The summed E-state index contributed by atoms with van der Waals surface area (Å²) in [6.45, 7) is -0.561. The lowest BCUT2D eigenvalue weighted by Crippen LogP contribution is -2.19. The molecule has 53 heavy (non-hydrogen) atoms. The van der Waals surface area contributed by atoms with Crippen molar-refractivity contribution in [3.8, 4) is 63.3 Å². The zero-order valence-electron chi connectivity index (χ0n) is 28.8. The van der Waals surface area contributed by atoms with Gasteiger partial charge in [0.05, 0.1) is 33.3 Å². The van der Waals surface area contributed by atoms with Crippen molar-refractivity contribution in [2.75, 3.05) is 58.5 Å². The van der Waals surface area contributed by atoms with E-state index in [0.717, 1.165) is 0 Å². The van der Waals surface area contributed by atoms with Gasteiger partial charge in [-0.1, -0.05) is 18.2 Å². The van der Waals surface area contributed by atoms with Crippen LogP contribution in [0.2, 0.25) is 0 Å². The van der Waals surface area contributed by atoms with Gasteiger partial charge in [0.2, 0.25) is 18.3 Å². The number of methoxy groups -OCH3 is 4. The number of nitrogens with zero attached hydrogens (tertiary/aromatic N) is 3. The number of pyridine rings is 1. The first-order valence-corrected chi connectivity index (χ1v) is 17.1. The fourth-order valence-corrected chi connectivity index (χ4v) is 5.94. The van der Waals surface area contributed by atoms with E-state index in [1.807, 2.05) is 0 Å². The summed E-state index contributed by atoms with van der Waals surface area (Å²) in [5, 5.41) is 2.51. The number of carbonyl (C=O) groups is 1. The average Bonchev–Trinajstić information content (AvgIpc) is 3.65. The highest BCUT2D eigenvalue weighted by molar-refractivity contribution is 7.92. The van der Waals surface area contributed by atoms with E-state index in [9.17, 15) is 13.2 Å². The molecular formula is C35H33N5O12S. The molecule has 17 nitrogen and oxygen atoms in total. The number of benzene rings is 3. The Morgan fingerprint density at radius 2 is 1.49 bits per heavy atom. The number of amides is 1. The van der Waals surface area contributed by atoms with E-state index >= 15 is 0 Å². The lowest BCUT2D eigenvalue weighted by molar-refractivity contribution is 0.135. The van der Waals surface area contributed by atoms with Crippen LogP contribution in [-0.4, -0.2) is 77.9 Å². The molecule has 0 bridgehead atoms. The highest BCUT2D eigenvalue weighted by Crippen LogP contribution is 2.45. The van der Waals surface area contributed by atoms with Gasteiger partial charge in [-0.2, -0.15) is 4.98 Å². The standard InChI is InChI=1S/C35H33N5O12S/c1-44-23-9-5-6-10-25(23)52-31-33(40-53(42,43)22-12-13-24-26(19-22)51-20-50-24)38-32(21-17-27(45-2)30(47-4)28(18-21)46-3)39-34(31)48-15-16-49-35(41)37-29-11-7-8-14-36-29/h5-14,17-19H,15-16,20H2,1-4H3,(H,36,37,41)(H,38,39,40). The van der Waals surface area contributed by atoms with E-state index in [1.165, 1.54) is 52.8 Å². The average molecular weight is 748 g/mol. The quantitative estimate of drug-likeness (QED) is 0.127. The van der Waals surface area contributed by atoms with Crippen LogP contribution in [-0.2, 0) is 14.8 Å². The molecule has 2 aromatic heterocycles. The molecule has 3 aromatic carbocycles. The van der Waals surface area contributed by atoms with E-state index < -0.39 is 16.1 Å². The highest BCUT2D eigenvalue weighted by Gasteiger charge is 2.28. The number of aromatic nitrogens is 3. The van der Waals surface area contributed by atoms with Crippen molar-refractivity contribution in [1.82, 2.24) is 15.0 Å². The molecular weight excluding hydrogens is 714 g/mol. The third-order valence-corrected chi connectivity index (χ3v) is 8.71. The first-order valence-electron chi connectivity index (χ1n) is 15.7. The summed E-state index contributed by atoms with van der Waals surface area (Å²) in [4.78, 5) is 25.5. The summed E-state index contributed by atoms with van der Waals surface area (Å²) in [5.41, 5.74) is 0.322. The number of nitrogens with one attached hydrogen (secondary N) is 2. The van der Waals surface area contributed by atoms with E-state index in [0.29, 0.717) is 22.8 Å². The summed E-state index contributed by atoms with van der Waals surface area (Å²) >= 11 is 0. The zero-order chi connectivity index (χ0) is 37.4. The molecule has 5 aromatic rings. The van der Waals surface area contributed by atoms with E-state index in [1.54, 1.807) is 54.6 Å². The fourth-order valence-electron chi connectivity index (χ4n) is 4.92. The van der Waals surface area contributed by atoms with Crippen LogP contribution in [0.25, 0.3) is 11.4 Å². The number of rotatable bonds is 15. The Morgan fingerprint density at radius 3 is 2.19 bits per heavy atom. The predicted octanol–water partition coefficient (Wildman–Crippen LogP) is 5.52. The first-order chi connectivity index (χ1) is 25.7. The Labute approximate surface area is 303 Å². The van der Waals surface area contributed by atoms with Crippen molar-refractivity contribution in [3.63, 3.8) is 0 Å². The van der Waals surface area contributed by atoms with Gasteiger partial charge in [0.15, 0.2) is 46.1 Å². The molecule has 276 valence electrons. The normalized spacial score (nSPS) is 11.6. The number of fused-ring (bicyclic) bond motifs is 1. The number of para-hydroxylation sites is 2. The van der Waals surface area contributed by atoms with Crippen molar-refractivity contribution in [2.24, 2.45) is 0 Å². The molecule has 0 atom stereocenters. The van der Waals surface area contributed by atoms with Crippen LogP contribution >= 0.6 is 0 Å². The molecule has 0 saturated heterocycles. The highest BCUT2D eigenvalue weighted by atomic mass is 32.2. The Morgan fingerprint density at radius 1 is 0.774 bits per heavy atom. The fraction of sp³-hybridized carbons (Fsp3) is 0.200. The first kappa shape index (κ1) is 36.1. The van der Waals surface area contributed by atoms with Gasteiger partial charge >= 0.3 is 6.09 Å². The minimum atomic E-state index is -4.38. The molecule has 0 unspecified atom stereocenters. The molecule has 3 heterocycles. The van der Waals surface area contributed by atoms with Crippen molar-refractivity contribution >= 4 is 27.8 Å². The number of hydrogen-bond donors (Lipinski definition) is 2. The van der Waals surface area contributed by atoms with Crippen LogP contribution < -0.4 is 47.9 Å². The topological polar surface area (TPSA) is 197 Å². The van der Waals surface area contributed by atoms with Gasteiger partial charge in [0.1, 0.15) is 19.0 Å². The zero-order valence-corrected chi connectivity index (χ0v) is 29.6. The van der Waals surface area contributed by atoms with E-state index in [4.69, 9.17) is 42.6 Å². The molecule has 6 rings (SSSR count). The Balaban J connectivity index is 1.43. The maximum absolute atomic E-state index is 13.9. The second-order valence-corrected chi connectivity index (χ2v) is 12.3. The number of anilines is 2. The Bertz CT molecular complexity index is 2180. The lowest BCUT2D eigenvalue weighted by atomic mass is 10.1. The van der Waals surface area contributed by atoms with Crippen LogP contribution in [0.3, 0.4) is 0 Å². The van der Waals surface area contributed by atoms with Crippen LogP contribution in [0.15, 0.2) is 83.9 Å². The van der Waals surface area contributed by atoms with Crippen LogP contribution in [0, 0.1) is 0 Å². The van der Waals surface area contributed by atoms with Crippen LogP contribution in [0.5, 0.6) is 51.9 Å². The van der Waals surface area contributed by atoms with Gasteiger partial charge in [0, 0.05) is 17.8 Å². The molecule has 0 spiro atoms. The van der Waals surface area contributed by atoms with Gasteiger partial charge in [-0.25, -0.2) is 23.2 Å². The van der Waals surface area contributed by atoms with Crippen molar-refractivity contribution in [2.45, 2.75) is 4.90 Å². The number of carbonyl (C=O) groups excluding carboxylic acids is 1.